The average molecular weight is 384 g/mol. The van der Waals surface area contributed by atoms with Gasteiger partial charge in [-0.05, 0) is 50.4 Å². The van der Waals surface area contributed by atoms with Gasteiger partial charge in [-0.15, -0.1) is 0 Å². The van der Waals surface area contributed by atoms with E-state index in [0.29, 0.717) is 31.6 Å². The molecule has 1 aromatic carbocycles. The molecular weight excluding hydrogens is 357 g/mol. The molecule has 150 valence electrons. The Morgan fingerprint density at radius 2 is 1.93 bits per heavy atom. The lowest BCUT2D eigenvalue weighted by molar-refractivity contribution is -0.138. The highest BCUT2D eigenvalue weighted by Crippen LogP contribution is 2.45. The largest absolute Gasteiger partial charge is 0.416 e. The molecule has 1 saturated heterocycles. The zero-order chi connectivity index (χ0) is 19.5. The van der Waals surface area contributed by atoms with E-state index < -0.39 is 22.6 Å². The van der Waals surface area contributed by atoms with E-state index in [0.717, 1.165) is 38.4 Å². The Hall–Kier alpha value is -1.60. The van der Waals surface area contributed by atoms with Crippen molar-refractivity contribution in [2.75, 3.05) is 33.4 Å². The summed E-state index contributed by atoms with van der Waals surface area (Å²) in [6.07, 6.45) is -0.436. The van der Waals surface area contributed by atoms with Gasteiger partial charge in [0.2, 0.25) is 5.91 Å². The van der Waals surface area contributed by atoms with E-state index in [-0.39, 0.29) is 5.91 Å². The molecule has 0 bridgehead atoms. The van der Waals surface area contributed by atoms with Crippen molar-refractivity contribution in [2.45, 2.75) is 43.7 Å². The molecule has 27 heavy (non-hydrogen) atoms. The summed E-state index contributed by atoms with van der Waals surface area (Å²) in [6, 6.07) is 5.53. The molecule has 1 amide bonds. The zero-order valence-electron chi connectivity index (χ0n) is 15.6. The number of alkyl halides is 3. The smallest absolute Gasteiger partial charge is 0.384 e. The predicted octanol–water partition coefficient (Wildman–Crippen LogP) is 3.26. The van der Waals surface area contributed by atoms with Crippen molar-refractivity contribution in [3.05, 3.63) is 35.4 Å². The van der Waals surface area contributed by atoms with E-state index in [1.807, 2.05) is 0 Å². The third-order valence-electron chi connectivity index (χ3n) is 6.16. The lowest BCUT2D eigenvalue weighted by atomic mass is 9.64. The number of carbonyl (C=O) groups is 1. The molecule has 1 aliphatic heterocycles. The van der Waals surface area contributed by atoms with Crippen molar-refractivity contribution >= 4 is 5.91 Å². The van der Waals surface area contributed by atoms with Crippen molar-refractivity contribution in [3.63, 3.8) is 0 Å². The highest BCUT2D eigenvalue weighted by Gasteiger charge is 2.44. The van der Waals surface area contributed by atoms with Crippen LogP contribution in [0.5, 0.6) is 0 Å². The topological polar surface area (TPSA) is 50.4 Å². The fourth-order valence-electron chi connectivity index (χ4n) is 4.25. The number of hydrogen-bond acceptors (Lipinski definition) is 3. The summed E-state index contributed by atoms with van der Waals surface area (Å²) in [5.74, 6) is -0.0518. The van der Waals surface area contributed by atoms with Crippen molar-refractivity contribution in [3.8, 4) is 0 Å². The van der Waals surface area contributed by atoms with Crippen LogP contribution in [0.25, 0.3) is 0 Å². The third kappa shape index (κ3) is 4.14. The lowest BCUT2D eigenvalue weighted by Gasteiger charge is -2.44. The number of benzene rings is 1. The van der Waals surface area contributed by atoms with Gasteiger partial charge in [0.1, 0.15) is 0 Å². The molecule has 1 aromatic rings. The minimum atomic E-state index is -4.36. The second-order valence-electron chi connectivity index (χ2n) is 7.86. The summed E-state index contributed by atoms with van der Waals surface area (Å²) in [6.45, 7) is 2.24. The second-order valence-corrected chi connectivity index (χ2v) is 7.86. The van der Waals surface area contributed by atoms with Crippen molar-refractivity contribution in [2.24, 2.45) is 5.41 Å². The molecule has 0 aromatic heterocycles. The molecule has 0 radical (unpaired) electrons. The Kier molecular flexibility index (Phi) is 5.82. The molecule has 2 N–H and O–H groups in total. The number of piperidine rings is 1. The fourth-order valence-corrected chi connectivity index (χ4v) is 4.25. The summed E-state index contributed by atoms with van der Waals surface area (Å²) >= 11 is 0. The van der Waals surface area contributed by atoms with Crippen molar-refractivity contribution in [1.82, 2.24) is 10.6 Å². The van der Waals surface area contributed by atoms with Gasteiger partial charge in [0.05, 0.1) is 17.6 Å². The Labute approximate surface area is 157 Å². The Morgan fingerprint density at radius 3 is 2.48 bits per heavy atom. The molecular formula is C20H27F3N2O2. The van der Waals surface area contributed by atoms with Crippen LogP contribution in [0, 0.1) is 5.41 Å². The normalized spacial score (nSPS) is 21.3. The Bertz CT molecular complexity index is 660. The molecule has 7 heteroatoms. The standard InChI is InChI=1S/C20H27F3N2O2/c1-27-14-19(8-10-24-11-9-19)17(26)25-13-18(6-3-7-18)15-4-2-5-16(12-15)20(21,22)23/h2,4-5,12,24H,3,6-11,13-14H2,1H3,(H,25,26). The summed E-state index contributed by atoms with van der Waals surface area (Å²) in [4.78, 5) is 13.0. The van der Waals surface area contributed by atoms with Crippen LogP contribution in [0.4, 0.5) is 13.2 Å². The van der Waals surface area contributed by atoms with E-state index >= 15 is 0 Å². The first kappa shape index (κ1) is 20.1. The highest BCUT2D eigenvalue weighted by molar-refractivity contribution is 5.83. The van der Waals surface area contributed by atoms with Crippen LogP contribution in [-0.2, 0) is 21.1 Å². The molecule has 1 aliphatic carbocycles. The van der Waals surface area contributed by atoms with Crippen LogP contribution < -0.4 is 10.6 Å². The maximum atomic E-state index is 13.1. The number of nitrogens with one attached hydrogen (secondary N) is 2. The minimum Gasteiger partial charge on any atom is -0.384 e. The van der Waals surface area contributed by atoms with Gasteiger partial charge in [-0.1, -0.05) is 24.6 Å². The van der Waals surface area contributed by atoms with Crippen LogP contribution in [0.15, 0.2) is 24.3 Å². The van der Waals surface area contributed by atoms with E-state index in [4.69, 9.17) is 4.74 Å². The molecule has 1 saturated carbocycles. The maximum absolute atomic E-state index is 13.1. The summed E-state index contributed by atoms with van der Waals surface area (Å²) in [5, 5.41) is 6.30. The quantitative estimate of drug-likeness (QED) is 0.792. The van der Waals surface area contributed by atoms with Crippen molar-refractivity contribution < 1.29 is 22.7 Å². The zero-order valence-corrected chi connectivity index (χ0v) is 15.6. The Balaban J connectivity index is 1.74. The van der Waals surface area contributed by atoms with E-state index in [2.05, 4.69) is 10.6 Å². The monoisotopic (exact) mass is 384 g/mol. The van der Waals surface area contributed by atoms with Gasteiger partial charge in [0.15, 0.2) is 0 Å². The lowest BCUT2D eigenvalue weighted by Crippen LogP contribution is -2.54. The summed E-state index contributed by atoms with van der Waals surface area (Å²) < 4.78 is 44.5. The number of ether oxygens (including phenoxy) is 1. The van der Waals surface area contributed by atoms with E-state index in [1.165, 1.54) is 12.1 Å². The van der Waals surface area contributed by atoms with E-state index in [1.54, 1.807) is 13.2 Å². The predicted molar refractivity (Wildman–Crippen MR) is 96.4 cm³/mol. The van der Waals surface area contributed by atoms with Gasteiger partial charge in [-0.25, -0.2) is 0 Å². The molecule has 2 fully saturated rings. The first-order valence-electron chi connectivity index (χ1n) is 9.47. The van der Waals surface area contributed by atoms with Gasteiger partial charge in [0.25, 0.3) is 0 Å². The minimum absolute atomic E-state index is 0.0518. The van der Waals surface area contributed by atoms with Crippen LogP contribution in [0.2, 0.25) is 0 Å². The molecule has 2 aliphatic rings. The van der Waals surface area contributed by atoms with Gasteiger partial charge in [0, 0.05) is 19.1 Å². The van der Waals surface area contributed by atoms with Crippen LogP contribution >= 0.6 is 0 Å². The number of halogens is 3. The molecule has 0 atom stereocenters. The van der Waals surface area contributed by atoms with Gasteiger partial charge < -0.3 is 15.4 Å². The van der Waals surface area contributed by atoms with Gasteiger partial charge in [-0.2, -0.15) is 13.2 Å². The molecule has 0 spiro atoms. The number of methoxy groups -OCH3 is 1. The van der Waals surface area contributed by atoms with E-state index in [9.17, 15) is 18.0 Å². The second kappa shape index (κ2) is 7.80. The molecule has 4 nitrogen and oxygen atoms in total. The molecule has 0 unspecified atom stereocenters. The number of carbonyl (C=O) groups excluding carboxylic acids is 1. The first-order valence-corrected chi connectivity index (χ1v) is 9.47. The van der Waals surface area contributed by atoms with Gasteiger partial charge in [-0.3, -0.25) is 4.79 Å². The summed E-state index contributed by atoms with van der Waals surface area (Å²) in [7, 11) is 1.59. The average Bonchev–Trinajstić information content (AvgIpc) is 2.61. The number of rotatable bonds is 6. The highest BCUT2D eigenvalue weighted by atomic mass is 19.4. The third-order valence-corrected chi connectivity index (χ3v) is 6.16. The maximum Gasteiger partial charge on any atom is 0.416 e. The molecule has 3 rings (SSSR count). The SMILES string of the molecule is COCC1(C(=O)NCC2(c3cccc(C(F)(F)F)c3)CCC2)CCNCC1. The fraction of sp³-hybridized carbons (Fsp3) is 0.650. The van der Waals surface area contributed by atoms with Crippen LogP contribution in [0.3, 0.4) is 0 Å². The summed E-state index contributed by atoms with van der Waals surface area (Å²) in [5.41, 5.74) is -0.932. The van der Waals surface area contributed by atoms with Crippen LogP contribution in [0.1, 0.15) is 43.2 Å². The molecule has 1 heterocycles. The van der Waals surface area contributed by atoms with Crippen molar-refractivity contribution in [1.29, 1.82) is 0 Å². The number of amides is 1. The van der Waals surface area contributed by atoms with Crippen LogP contribution in [-0.4, -0.2) is 39.3 Å². The number of hydrogen-bond donors (Lipinski definition) is 2. The first-order chi connectivity index (χ1) is 12.8. The Morgan fingerprint density at radius 1 is 1.22 bits per heavy atom. The van der Waals surface area contributed by atoms with Gasteiger partial charge >= 0.3 is 6.18 Å².